The van der Waals surface area contributed by atoms with E-state index in [4.69, 9.17) is 5.11 Å². The average molecular weight is 358 g/mol. The van der Waals surface area contributed by atoms with Gasteiger partial charge >= 0.3 is 0 Å². The summed E-state index contributed by atoms with van der Waals surface area (Å²) >= 11 is 0. The zero-order chi connectivity index (χ0) is 18.6. The molecule has 2 aliphatic heterocycles. The number of piperidine rings is 2. The lowest BCUT2D eigenvalue weighted by atomic mass is 9.73. The fourth-order valence-corrected chi connectivity index (χ4v) is 4.40. The van der Waals surface area contributed by atoms with Gasteiger partial charge in [0.15, 0.2) is 0 Å². The van der Waals surface area contributed by atoms with E-state index in [1.165, 1.54) is 0 Å². The third-order valence-electron chi connectivity index (χ3n) is 5.95. The Hall–Kier alpha value is -1.88. The molecule has 2 amide bonds. The van der Waals surface area contributed by atoms with Crippen molar-refractivity contribution in [1.29, 1.82) is 0 Å². The fraction of sp³-hybridized carbons (Fsp3) is 0.619. The molecule has 2 fully saturated rings. The van der Waals surface area contributed by atoms with Crippen LogP contribution in [0, 0.1) is 12.3 Å². The number of carbonyl (C=O) groups excluding carboxylic acids is 2. The highest BCUT2D eigenvalue weighted by Gasteiger charge is 2.42. The molecule has 0 aromatic heterocycles. The SMILES string of the molecule is Cc1ccccc1CC(=O)N1CCC[C@]2(CCC(=O)N(CCCO)C2)C1. The molecule has 26 heavy (non-hydrogen) atoms. The average Bonchev–Trinajstić information content (AvgIpc) is 2.65. The van der Waals surface area contributed by atoms with Crippen molar-refractivity contribution in [2.24, 2.45) is 5.41 Å². The number of rotatable bonds is 5. The summed E-state index contributed by atoms with van der Waals surface area (Å²) in [5.74, 6) is 0.379. The Balaban J connectivity index is 1.65. The molecule has 2 aliphatic rings. The van der Waals surface area contributed by atoms with E-state index < -0.39 is 0 Å². The van der Waals surface area contributed by atoms with Crippen molar-refractivity contribution in [3.63, 3.8) is 0 Å². The molecule has 1 spiro atoms. The second-order valence-electron chi connectivity index (χ2n) is 7.91. The van der Waals surface area contributed by atoms with Crippen molar-refractivity contribution in [3.05, 3.63) is 35.4 Å². The van der Waals surface area contributed by atoms with Crippen molar-refractivity contribution < 1.29 is 14.7 Å². The second kappa shape index (κ2) is 8.21. The highest BCUT2D eigenvalue weighted by molar-refractivity contribution is 5.80. The van der Waals surface area contributed by atoms with E-state index in [1.807, 2.05) is 41.0 Å². The molecule has 0 aliphatic carbocycles. The lowest BCUT2D eigenvalue weighted by Crippen LogP contribution is -2.55. The summed E-state index contributed by atoms with van der Waals surface area (Å²) in [4.78, 5) is 29.0. The van der Waals surface area contributed by atoms with Crippen LogP contribution in [-0.2, 0) is 16.0 Å². The largest absolute Gasteiger partial charge is 0.396 e. The van der Waals surface area contributed by atoms with Crippen molar-refractivity contribution in [3.8, 4) is 0 Å². The van der Waals surface area contributed by atoms with Crippen LogP contribution in [-0.4, -0.2) is 59.5 Å². The van der Waals surface area contributed by atoms with E-state index >= 15 is 0 Å². The summed E-state index contributed by atoms with van der Waals surface area (Å²) in [6.07, 6.45) is 4.58. The number of aliphatic hydroxyl groups excluding tert-OH is 1. The molecule has 142 valence electrons. The highest BCUT2D eigenvalue weighted by Crippen LogP contribution is 2.39. The molecule has 5 heteroatoms. The quantitative estimate of drug-likeness (QED) is 0.877. The summed E-state index contributed by atoms with van der Waals surface area (Å²) < 4.78 is 0. The van der Waals surface area contributed by atoms with E-state index in [1.54, 1.807) is 0 Å². The van der Waals surface area contributed by atoms with Gasteiger partial charge in [-0.25, -0.2) is 0 Å². The molecule has 0 saturated carbocycles. The van der Waals surface area contributed by atoms with E-state index in [0.717, 1.165) is 50.0 Å². The van der Waals surface area contributed by atoms with Crippen LogP contribution in [0.3, 0.4) is 0 Å². The monoisotopic (exact) mass is 358 g/mol. The minimum Gasteiger partial charge on any atom is -0.396 e. The first-order valence-corrected chi connectivity index (χ1v) is 9.74. The van der Waals surface area contributed by atoms with Gasteiger partial charge in [0, 0.05) is 44.6 Å². The van der Waals surface area contributed by atoms with Gasteiger partial charge in [-0.2, -0.15) is 0 Å². The van der Waals surface area contributed by atoms with Gasteiger partial charge in [0.05, 0.1) is 6.42 Å². The van der Waals surface area contributed by atoms with Crippen LogP contribution in [0.5, 0.6) is 0 Å². The molecule has 5 nitrogen and oxygen atoms in total. The molecule has 0 radical (unpaired) electrons. The molecule has 1 aromatic carbocycles. The number of nitrogens with zero attached hydrogens (tertiary/aromatic N) is 2. The maximum atomic E-state index is 12.9. The number of likely N-dealkylation sites (tertiary alicyclic amines) is 2. The molecule has 2 heterocycles. The van der Waals surface area contributed by atoms with E-state index in [-0.39, 0.29) is 23.8 Å². The van der Waals surface area contributed by atoms with Crippen LogP contribution in [0.25, 0.3) is 0 Å². The molecule has 1 aromatic rings. The summed E-state index contributed by atoms with van der Waals surface area (Å²) in [6.45, 7) is 5.07. The molecule has 1 atom stereocenters. The maximum absolute atomic E-state index is 12.9. The Morgan fingerprint density at radius 1 is 1.23 bits per heavy atom. The van der Waals surface area contributed by atoms with Gasteiger partial charge in [0.1, 0.15) is 0 Å². The molecule has 2 saturated heterocycles. The number of aryl methyl sites for hydroxylation is 1. The Bertz CT molecular complexity index is 660. The predicted molar refractivity (Wildman–Crippen MR) is 101 cm³/mol. The molecular formula is C21H30N2O3. The van der Waals surface area contributed by atoms with Gasteiger partial charge in [0.2, 0.25) is 11.8 Å². The second-order valence-corrected chi connectivity index (χ2v) is 7.91. The Kier molecular flexibility index (Phi) is 5.97. The van der Waals surface area contributed by atoms with Gasteiger partial charge in [-0.1, -0.05) is 24.3 Å². The maximum Gasteiger partial charge on any atom is 0.227 e. The van der Waals surface area contributed by atoms with E-state index in [9.17, 15) is 9.59 Å². The van der Waals surface area contributed by atoms with Gasteiger partial charge in [-0.15, -0.1) is 0 Å². The molecule has 0 unspecified atom stereocenters. The third-order valence-corrected chi connectivity index (χ3v) is 5.95. The van der Waals surface area contributed by atoms with Gasteiger partial charge in [0.25, 0.3) is 0 Å². The smallest absolute Gasteiger partial charge is 0.227 e. The number of hydrogen-bond acceptors (Lipinski definition) is 3. The topological polar surface area (TPSA) is 60.9 Å². The number of carbonyl (C=O) groups is 2. The van der Waals surface area contributed by atoms with Crippen molar-refractivity contribution >= 4 is 11.8 Å². The first-order valence-electron chi connectivity index (χ1n) is 9.74. The Labute approximate surface area is 156 Å². The number of benzene rings is 1. The number of amides is 2. The first kappa shape index (κ1) is 18.9. The number of hydrogen-bond donors (Lipinski definition) is 1. The van der Waals surface area contributed by atoms with Crippen LogP contribution in [0.1, 0.15) is 43.2 Å². The molecule has 3 rings (SSSR count). The van der Waals surface area contributed by atoms with E-state index in [0.29, 0.717) is 25.8 Å². The third kappa shape index (κ3) is 4.26. The van der Waals surface area contributed by atoms with Crippen LogP contribution in [0.2, 0.25) is 0 Å². The zero-order valence-electron chi connectivity index (χ0n) is 15.7. The van der Waals surface area contributed by atoms with Crippen molar-refractivity contribution in [1.82, 2.24) is 9.80 Å². The highest BCUT2D eigenvalue weighted by atomic mass is 16.3. The van der Waals surface area contributed by atoms with Crippen LogP contribution < -0.4 is 0 Å². The van der Waals surface area contributed by atoms with E-state index in [2.05, 4.69) is 0 Å². The van der Waals surface area contributed by atoms with Crippen molar-refractivity contribution in [2.45, 2.75) is 45.4 Å². The lowest BCUT2D eigenvalue weighted by molar-refractivity contribution is -0.142. The van der Waals surface area contributed by atoms with Gasteiger partial charge in [-0.05, 0) is 43.7 Å². The fourth-order valence-electron chi connectivity index (χ4n) is 4.40. The molecular weight excluding hydrogens is 328 g/mol. The summed E-state index contributed by atoms with van der Waals surface area (Å²) in [7, 11) is 0. The standard InChI is InChI=1S/C21H30N2O3/c1-17-6-2-3-7-18(17)14-20(26)23-11-4-9-21(16-23)10-8-19(25)22(15-21)12-5-13-24/h2-3,6-7,24H,4-5,8-16H2,1H3/t21-/m1/s1. The van der Waals surface area contributed by atoms with Crippen molar-refractivity contribution in [2.75, 3.05) is 32.8 Å². The van der Waals surface area contributed by atoms with Gasteiger partial charge < -0.3 is 14.9 Å². The first-order chi connectivity index (χ1) is 12.5. The predicted octanol–water partition coefficient (Wildman–Crippen LogP) is 2.15. The Morgan fingerprint density at radius 3 is 2.81 bits per heavy atom. The summed E-state index contributed by atoms with van der Waals surface area (Å²) in [6, 6.07) is 8.06. The summed E-state index contributed by atoms with van der Waals surface area (Å²) in [5.41, 5.74) is 2.29. The van der Waals surface area contributed by atoms with Gasteiger partial charge in [-0.3, -0.25) is 9.59 Å². The molecule has 1 N–H and O–H groups in total. The zero-order valence-corrected chi connectivity index (χ0v) is 15.7. The molecule has 0 bridgehead atoms. The van der Waals surface area contributed by atoms with Crippen LogP contribution in [0.15, 0.2) is 24.3 Å². The van der Waals surface area contributed by atoms with Crippen LogP contribution >= 0.6 is 0 Å². The number of aliphatic hydroxyl groups is 1. The lowest BCUT2D eigenvalue weighted by Gasteiger charge is -2.48. The summed E-state index contributed by atoms with van der Waals surface area (Å²) in [5, 5.41) is 9.07. The minimum absolute atomic E-state index is 0.0308. The van der Waals surface area contributed by atoms with Crippen LogP contribution in [0.4, 0.5) is 0 Å². The normalized spacial score (nSPS) is 23.5. The Morgan fingerprint density at radius 2 is 2.04 bits per heavy atom. The minimum atomic E-state index is 0.0308.